The van der Waals surface area contributed by atoms with E-state index in [1.807, 2.05) is 0 Å². The predicted molar refractivity (Wildman–Crippen MR) is 11.6 cm³/mol. The molecule has 0 fully saturated rings. The zero-order valence-electron chi connectivity index (χ0n) is 2.97. The Bertz CT molecular complexity index is 23.1. The Hall–Kier alpha value is 0.616. The molecule has 0 aliphatic carbocycles. The maximum atomic E-state index is 6.50. The van der Waals surface area contributed by atoms with Crippen molar-refractivity contribution in [3.8, 4) is 6.57 Å². The van der Waals surface area contributed by atoms with Crippen LogP contribution in [0, 0.1) is 23.7 Å². The molecule has 3 heteroatoms. The molecule has 0 spiro atoms. The first-order valence-electron chi connectivity index (χ1n) is 0.482. The molecule has 0 rings (SSSR count). The molecule has 0 bridgehead atoms. The summed E-state index contributed by atoms with van der Waals surface area (Å²) in [5.74, 6) is 0. The minimum absolute atomic E-state index is 0. The predicted octanol–water partition coefficient (Wildman–Crippen LogP) is -2.76. The van der Waals surface area contributed by atoms with Crippen molar-refractivity contribution in [2.75, 3.05) is 0 Å². The monoisotopic (exact) mass is 92.0 g/mol. The molecule has 0 radical (unpaired) electrons. The Kier molecular flexibility index (Phi) is 556. The van der Waals surface area contributed by atoms with Crippen LogP contribution >= 0.6 is 0 Å². The van der Waals surface area contributed by atoms with Crippen LogP contribution in [-0.2, 0) is 0 Å². The van der Waals surface area contributed by atoms with Gasteiger partial charge in [0.15, 0.2) is 0 Å². The van der Waals surface area contributed by atoms with Gasteiger partial charge in [0.1, 0.15) is 0 Å². The summed E-state index contributed by atoms with van der Waals surface area (Å²) in [5.41, 5.74) is 0. The van der Waals surface area contributed by atoms with Crippen LogP contribution in [0.4, 0.5) is 0 Å². The summed E-state index contributed by atoms with van der Waals surface area (Å²) < 4.78 is 0. The second-order valence-corrected chi connectivity index (χ2v) is 0. The first kappa shape index (κ1) is 17.5. The van der Waals surface area contributed by atoms with Gasteiger partial charge in [-0.05, 0) is 0 Å². The van der Waals surface area contributed by atoms with E-state index < -0.39 is 0 Å². The van der Waals surface area contributed by atoms with E-state index in [1.54, 1.807) is 0 Å². The van der Waals surface area contributed by atoms with Gasteiger partial charge in [-0.25, -0.2) is 5.26 Å². The standard InChI is InChI=1S/CHN.CN.K/c2*1-2;/h1H;;/q;-1;+1. The van der Waals surface area contributed by atoms with Crippen LogP contribution in [0.3, 0.4) is 0 Å². The van der Waals surface area contributed by atoms with E-state index in [1.165, 1.54) is 0 Å². The molecule has 0 saturated carbocycles. The van der Waals surface area contributed by atoms with Crippen LogP contribution in [0.2, 0.25) is 0 Å². The molecule has 0 saturated heterocycles. The van der Waals surface area contributed by atoms with Gasteiger partial charge in [-0.1, -0.05) is 0 Å². The molecular weight excluding hydrogens is 91.1 g/mol. The van der Waals surface area contributed by atoms with Gasteiger partial charge < -0.3 is 11.8 Å². The van der Waals surface area contributed by atoms with Crippen LogP contribution in [0.5, 0.6) is 0 Å². The molecule has 0 aromatic rings. The van der Waals surface area contributed by atoms with Gasteiger partial charge in [0.2, 0.25) is 0 Å². The molecule has 5 heavy (non-hydrogen) atoms. The average Bonchev–Trinajstić information content (AvgIpc) is 1.50. The fourth-order valence-electron chi connectivity index (χ4n) is 0. The number of hydrogen-bond donors (Lipinski definition) is 0. The summed E-state index contributed by atoms with van der Waals surface area (Å²) in [7, 11) is 0. The first-order chi connectivity index (χ1) is 2.00. The number of rotatable bonds is 0. The summed E-state index contributed by atoms with van der Waals surface area (Å²) in [6.45, 7) is 8.25. The van der Waals surface area contributed by atoms with Crippen LogP contribution in [-0.4, -0.2) is 0 Å². The maximum Gasteiger partial charge on any atom is 1.00 e. The van der Waals surface area contributed by atoms with Gasteiger partial charge in [-0.2, -0.15) is 0 Å². The van der Waals surface area contributed by atoms with Crippen molar-refractivity contribution >= 4 is 0 Å². The Morgan fingerprint density at radius 3 is 1.20 bits per heavy atom. The van der Waals surface area contributed by atoms with Gasteiger partial charge in [0, 0.05) is 6.57 Å². The SMILES string of the molecule is C#N.[C-]#N.[K+]. The smallest absolute Gasteiger partial charge is 0.512 e. The fraction of sp³-hybridized carbons (Fsp3) is 0. The third-order valence-corrected chi connectivity index (χ3v) is 0. The van der Waals surface area contributed by atoms with Gasteiger partial charge in [0.05, 0.1) is 0 Å². The summed E-state index contributed by atoms with van der Waals surface area (Å²) in [6, 6.07) is 0. The van der Waals surface area contributed by atoms with Crippen molar-refractivity contribution < 1.29 is 51.4 Å². The second kappa shape index (κ2) is 159. The molecule has 0 aromatic carbocycles. The first-order valence-corrected chi connectivity index (χ1v) is 0.482. The summed E-state index contributed by atoms with van der Waals surface area (Å²) in [4.78, 5) is 0. The van der Waals surface area contributed by atoms with Crippen molar-refractivity contribution in [3.63, 3.8) is 0 Å². The molecule has 20 valence electrons. The molecule has 0 amide bonds. The summed E-state index contributed by atoms with van der Waals surface area (Å²) >= 11 is 0. The van der Waals surface area contributed by atoms with Gasteiger partial charge >= 0.3 is 51.4 Å². The topological polar surface area (TPSA) is 47.6 Å². The quantitative estimate of drug-likeness (QED) is 0.240. The molecule has 2 nitrogen and oxygen atoms in total. The third kappa shape index (κ3) is 83.2. The van der Waals surface area contributed by atoms with Crippen LogP contribution in [0.15, 0.2) is 0 Å². The van der Waals surface area contributed by atoms with Crippen molar-refractivity contribution in [1.29, 1.82) is 10.5 Å². The zero-order chi connectivity index (χ0) is 4.00. The van der Waals surface area contributed by atoms with E-state index in [-0.39, 0.29) is 51.4 Å². The summed E-state index contributed by atoms with van der Waals surface area (Å²) in [5, 5.41) is 12.8. The molecule has 0 aliphatic rings. The Morgan fingerprint density at radius 2 is 1.20 bits per heavy atom. The van der Waals surface area contributed by atoms with E-state index in [4.69, 9.17) is 17.1 Å². The Labute approximate surface area is 73.8 Å². The van der Waals surface area contributed by atoms with E-state index in [0.717, 1.165) is 0 Å². The summed E-state index contributed by atoms with van der Waals surface area (Å²) in [6.07, 6.45) is 0. The van der Waals surface area contributed by atoms with Gasteiger partial charge in [0.25, 0.3) is 0 Å². The number of nitriles is 1. The van der Waals surface area contributed by atoms with Crippen molar-refractivity contribution in [2.45, 2.75) is 0 Å². The maximum absolute atomic E-state index is 6.50. The van der Waals surface area contributed by atoms with Crippen LogP contribution < -0.4 is 51.4 Å². The molecule has 0 aliphatic heterocycles. The van der Waals surface area contributed by atoms with E-state index in [9.17, 15) is 0 Å². The molecule has 0 aromatic heterocycles. The minimum atomic E-state index is 0. The molecule has 0 unspecified atom stereocenters. The molecule has 0 heterocycles. The number of nitrogens with zero attached hydrogens (tertiary/aromatic N) is 2. The van der Waals surface area contributed by atoms with Gasteiger partial charge in [-0.15, -0.1) is 0 Å². The second-order valence-electron chi connectivity index (χ2n) is 0. The number of hydrogen-bond acceptors (Lipinski definition) is 2. The Balaban J connectivity index is -0.0000000133. The van der Waals surface area contributed by atoms with E-state index in [0.29, 0.717) is 0 Å². The molecule has 0 N–H and O–H groups in total. The van der Waals surface area contributed by atoms with Crippen molar-refractivity contribution in [1.82, 2.24) is 0 Å². The zero-order valence-corrected chi connectivity index (χ0v) is 6.09. The van der Waals surface area contributed by atoms with E-state index >= 15 is 0 Å². The normalized spacial score (nSPS) is 0.800. The average molecular weight is 92.1 g/mol. The fourth-order valence-corrected chi connectivity index (χ4v) is 0. The largest absolute Gasteiger partial charge is 1.00 e. The van der Waals surface area contributed by atoms with E-state index in [2.05, 4.69) is 6.57 Å². The van der Waals surface area contributed by atoms with Crippen LogP contribution in [0.1, 0.15) is 0 Å². The van der Waals surface area contributed by atoms with Crippen molar-refractivity contribution in [3.05, 3.63) is 6.57 Å². The molecular formula is C2HKN2. The Morgan fingerprint density at radius 1 is 1.20 bits per heavy atom. The third-order valence-electron chi connectivity index (χ3n) is 0. The minimum Gasteiger partial charge on any atom is -0.512 e. The van der Waals surface area contributed by atoms with Gasteiger partial charge in [-0.3, -0.25) is 0 Å². The van der Waals surface area contributed by atoms with Crippen LogP contribution in [0.25, 0.3) is 0 Å². The molecule has 0 atom stereocenters. The van der Waals surface area contributed by atoms with Crippen molar-refractivity contribution in [2.24, 2.45) is 0 Å².